The van der Waals surface area contributed by atoms with Gasteiger partial charge in [0.15, 0.2) is 0 Å². The van der Waals surface area contributed by atoms with Crippen LogP contribution in [0.5, 0.6) is 0 Å². The van der Waals surface area contributed by atoms with Gasteiger partial charge in [0.1, 0.15) is 0 Å². The molecule has 14 heavy (non-hydrogen) atoms. The molecule has 0 amide bonds. The monoisotopic (exact) mass is 213 g/mol. The minimum absolute atomic E-state index is 0.448. The van der Waals surface area contributed by atoms with E-state index in [1.165, 1.54) is 4.42 Å². The number of hydrogen-bond donors (Lipinski definition) is 1. The molecule has 0 fully saturated rings. The van der Waals surface area contributed by atoms with Crippen LogP contribution in [0.25, 0.3) is 0 Å². The molecule has 1 rings (SSSR count). The second kappa shape index (κ2) is 4.78. The van der Waals surface area contributed by atoms with E-state index < -0.39 is 5.60 Å². The fourth-order valence-corrected chi connectivity index (χ4v) is 1.82. The zero-order valence-electron chi connectivity index (χ0n) is 8.57. The first-order valence-corrected chi connectivity index (χ1v) is 4.97. The number of likely N-dealkylation sites (N-methyl/N-ethyl adjacent to an activating group) is 1. The molecule has 1 unspecified atom stereocenters. The van der Waals surface area contributed by atoms with Gasteiger partial charge in [0, 0.05) is 20.0 Å². The predicted octanol–water partition coefficient (Wildman–Crippen LogP) is 2.07. The van der Waals surface area contributed by atoms with E-state index in [-0.39, 0.29) is 0 Å². The van der Waals surface area contributed by atoms with Gasteiger partial charge < -0.3 is 5.11 Å². The summed E-state index contributed by atoms with van der Waals surface area (Å²) in [6.07, 6.45) is 0.616. The third kappa shape index (κ3) is 4.09. The molecular formula is C11H16ClNO. The molecule has 1 atom stereocenters. The van der Waals surface area contributed by atoms with Crippen LogP contribution in [0.4, 0.5) is 0 Å². The Bertz CT molecular complexity index is 272. The first-order valence-electron chi connectivity index (χ1n) is 4.63. The van der Waals surface area contributed by atoms with Gasteiger partial charge in [0.05, 0.1) is 5.60 Å². The third-order valence-corrected chi connectivity index (χ3v) is 2.11. The topological polar surface area (TPSA) is 23.5 Å². The maximum atomic E-state index is 10.0. The fraction of sp³-hybridized carbons (Fsp3) is 0.455. The van der Waals surface area contributed by atoms with Crippen molar-refractivity contribution >= 4 is 11.8 Å². The Balaban J connectivity index is 2.59. The molecule has 0 bridgehead atoms. The molecule has 2 nitrogen and oxygen atoms in total. The van der Waals surface area contributed by atoms with E-state index in [1.54, 1.807) is 14.0 Å². The first kappa shape index (κ1) is 11.5. The van der Waals surface area contributed by atoms with Crippen LogP contribution in [0, 0.1) is 0 Å². The van der Waals surface area contributed by atoms with Crippen LogP contribution in [0.2, 0.25) is 0 Å². The largest absolute Gasteiger partial charge is 0.388 e. The van der Waals surface area contributed by atoms with Gasteiger partial charge in [-0.1, -0.05) is 30.3 Å². The Morgan fingerprint density at radius 3 is 2.43 bits per heavy atom. The van der Waals surface area contributed by atoms with E-state index in [0.29, 0.717) is 13.0 Å². The molecule has 0 saturated carbocycles. The van der Waals surface area contributed by atoms with Crippen molar-refractivity contribution in [2.45, 2.75) is 18.9 Å². The summed E-state index contributed by atoms with van der Waals surface area (Å²) in [7, 11) is 1.74. The maximum Gasteiger partial charge on any atom is 0.0799 e. The van der Waals surface area contributed by atoms with E-state index in [9.17, 15) is 5.11 Å². The summed E-state index contributed by atoms with van der Waals surface area (Å²) in [6, 6.07) is 9.91. The van der Waals surface area contributed by atoms with Crippen LogP contribution >= 0.6 is 11.8 Å². The molecule has 0 radical (unpaired) electrons. The lowest BCUT2D eigenvalue weighted by Crippen LogP contribution is -2.37. The molecule has 1 aromatic carbocycles. The standard InChI is InChI=1S/C11H16ClNO/c1-11(14,9-13(2)12)8-10-6-4-3-5-7-10/h3-7,14H,8-9H2,1-2H3. The molecule has 1 aromatic rings. The summed E-state index contributed by atoms with van der Waals surface area (Å²) in [5.74, 6) is 0. The molecule has 0 aliphatic rings. The highest BCUT2D eigenvalue weighted by atomic mass is 35.5. The van der Waals surface area contributed by atoms with E-state index in [0.717, 1.165) is 5.56 Å². The normalized spacial score (nSPS) is 15.5. The van der Waals surface area contributed by atoms with Gasteiger partial charge in [-0.15, -0.1) is 0 Å². The quantitative estimate of drug-likeness (QED) is 0.775. The summed E-state index contributed by atoms with van der Waals surface area (Å²) in [6.45, 7) is 2.24. The van der Waals surface area contributed by atoms with Crippen molar-refractivity contribution in [2.24, 2.45) is 0 Å². The minimum atomic E-state index is -0.780. The van der Waals surface area contributed by atoms with Crippen LogP contribution < -0.4 is 0 Å². The average Bonchev–Trinajstić information content (AvgIpc) is 2.02. The highest BCUT2D eigenvalue weighted by Gasteiger charge is 2.22. The number of benzene rings is 1. The van der Waals surface area contributed by atoms with Crippen molar-refractivity contribution in [1.82, 2.24) is 4.42 Å². The molecule has 3 heteroatoms. The second-order valence-corrected chi connectivity index (χ2v) is 4.50. The lowest BCUT2D eigenvalue weighted by Gasteiger charge is -2.25. The van der Waals surface area contributed by atoms with E-state index in [4.69, 9.17) is 11.8 Å². The summed E-state index contributed by atoms with van der Waals surface area (Å²) in [5.41, 5.74) is 0.341. The fourth-order valence-electron chi connectivity index (χ4n) is 1.56. The number of nitrogens with zero attached hydrogens (tertiary/aromatic N) is 1. The Morgan fingerprint density at radius 2 is 1.93 bits per heavy atom. The van der Waals surface area contributed by atoms with E-state index in [2.05, 4.69) is 0 Å². The van der Waals surface area contributed by atoms with Crippen LogP contribution in [0.1, 0.15) is 12.5 Å². The molecule has 1 N–H and O–H groups in total. The van der Waals surface area contributed by atoms with Gasteiger partial charge in [-0.05, 0) is 24.3 Å². The maximum absolute atomic E-state index is 10.0. The lowest BCUT2D eigenvalue weighted by atomic mass is 9.97. The molecule has 78 valence electrons. The molecular weight excluding hydrogens is 198 g/mol. The first-order chi connectivity index (χ1) is 6.49. The Kier molecular flexibility index (Phi) is 3.93. The van der Waals surface area contributed by atoms with Crippen molar-refractivity contribution in [3.8, 4) is 0 Å². The third-order valence-electron chi connectivity index (χ3n) is 1.99. The summed E-state index contributed by atoms with van der Waals surface area (Å²) in [5, 5.41) is 10.0. The molecule has 0 spiro atoms. The van der Waals surface area contributed by atoms with Gasteiger partial charge in [0.25, 0.3) is 0 Å². The molecule has 0 aliphatic carbocycles. The van der Waals surface area contributed by atoms with Gasteiger partial charge >= 0.3 is 0 Å². The van der Waals surface area contributed by atoms with Crippen LogP contribution in [-0.2, 0) is 6.42 Å². The van der Waals surface area contributed by atoms with Crippen LogP contribution in [-0.4, -0.2) is 28.7 Å². The number of rotatable bonds is 4. The van der Waals surface area contributed by atoms with Crippen molar-refractivity contribution in [2.75, 3.05) is 13.6 Å². The highest BCUT2D eigenvalue weighted by Crippen LogP contribution is 2.14. The molecule has 0 aromatic heterocycles. The molecule has 0 saturated heterocycles. The summed E-state index contributed by atoms with van der Waals surface area (Å²) in [4.78, 5) is 0. The van der Waals surface area contributed by atoms with Gasteiger partial charge in [-0.25, -0.2) is 4.42 Å². The smallest absolute Gasteiger partial charge is 0.0799 e. The van der Waals surface area contributed by atoms with Gasteiger partial charge in [0.2, 0.25) is 0 Å². The van der Waals surface area contributed by atoms with Crippen molar-refractivity contribution in [3.05, 3.63) is 35.9 Å². The lowest BCUT2D eigenvalue weighted by molar-refractivity contribution is 0.0458. The Morgan fingerprint density at radius 1 is 1.36 bits per heavy atom. The second-order valence-electron chi connectivity index (χ2n) is 3.92. The summed E-state index contributed by atoms with van der Waals surface area (Å²) < 4.78 is 1.48. The summed E-state index contributed by atoms with van der Waals surface area (Å²) >= 11 is 5.70. The average molecular weight is 214 g/mol. The Hall–Kier alpha value is -0.570. The minimum Gasteiger partial charge on any atom is -0.388 e. The predicted molar refractivity (Wildman–Crippen MR) is 59.3 cm³/mol. The van der Waals surface area contributed by atoms with E-state index in [1.807, 2.05) is 30.3 Å². The van der Waals surface area contributed by atoms with E-state index >= 15 is 0 Å². The Labute approximate surface area is 90.2 Å². The SMILES string of the molecule is CN(Cl)CC(C)(O)Cc1ccccc1. The van der Waals surface area contributed by atoms with Crippen LogP contribution in [0.15, 0.2) is 30.3 Å². The van der Waals surface area contributed by atoms with Crippen molar-refractivity contribution < 1.29 is 5.11 Å². The number of aliphatic hydroxyl groups is 1. The van der Waals surface area contributed by atoms with Crippen molar-refractivity contribution in [1.29, 1.82) is 0 Å². The molecule has 0 heterocycles. The van der Waals surface area contributed by atoms with Gasteiger partial charge in [-0.3, -0.25) is 0 Å². The van der Waals surface area contributed by atoms with Crippen LogP contribution in [0.3, 0.4) is 0 Å². The zero-order chi connectivity index (χ0) is 10.6. The number of halogens is 1. The number of hydrogen-bond acceptors (Lipinski definition) is 2. The van der Waals surface area contributed by atoms with Gasteiger partial charge in [-0.2, -0.15) is 0 Å². The molecule has 0 aliphatic heterocycles. The zero-order valence-corrected chi connectivity index (χ0v) is 9.33. The van der Waals surface area contributed by atoms with Crippen molar-refractivity contribution in [3.63, 3.8) is 0 Å². The highest BCUT2D eigenvalue weighted by molar-refractivity contribution is 6.13.